The van der Waals surface area contributed by atoms with E-state index in [0.717, 1.165) is 41.0 Å². The second-order valence-corrected chi connectivity index (χ2v) is 6.31. The Morgan fingerprint density at radius 2 is 2.06 bits per heavy atom. The number of amides is 1. The smallest absolute Gasteiger partial charge is 0.253 e. The maximum atomic E-state index is 12.4. The molecule has 2 atom stereocenters. The molecule has 1 amide bonds. The van der Waals surface area contributed by atoms with Crippen LogP contribution in [0.25, 0.3) is 0 Å². The van der Waals surface area contributed by atoms with E-state index in [2.05, 4.69) is 29.8 Å². The Morgan fingerprint density at radius 3 is 2.67 bits per heavy atom. The number of rotatable bonds is 1. The zero-order valence-electron chi connectivity index (χ0n) is 11.2. The van der Waals surface area contributed by atoms with Crippen molar-refractivity contribution in [1.29, 1.82) is 0 Å². The number of aryl methyl sites for hydroxylation is 1. The van der Waals surface area contributed by atoms with Gasteiger partial charge < -0.3 is 4.90 Å². The van der Waals surface area contributed by atoms with Crippen LogP contribution in [0.1, 0.15) is 36.2 Å². The van der Waals surface area contributed by atoms with Gasteiger partial charge in [-0.2, -0.15) is 0 Å². The normalized spacial score (nSPS) is 24.1. The van der Waals surface area contributed by atoms with Crippen LogP contribution in [0.2, 0.25) is 0 Å². The van der Waals surface area contributed by atoms with Crippen LogP contribution in [-0.2, 0) is 0 Å². The lowest BCUT2D eigenvalue weighted by atomic mass is 9.88. The van der Waals surface area contributed by atoms with Crippen LogP contribution in [-0.4, -0.2) is 23.9 Å². The number of nitrogens with zero attached hydrogens (tertiary/aromatic N) is 1. The van der Waals surface area contributed by atoms with Gasteiger partial charge in [-0.05, 0) is 42.9 Å². The van der Waals surface area contributed by atoms with Gasteiger partial charge in [0.15, 0.2) is 0 Å². The molecule has 0 bridgehead atoms. The summed E-state index contributed by atoms with van der Waals surface area (Å²) in [7, 11) is 0. The second kappa shape index (κ2) is 5.43. The Morgan fingerprint density at radius 1 is 1.33 bits per heavy atom. The fourth-order valence-electron chi connectivity index (χ4n) is 2.36. The highest BCUT2D eigenvalue weighted by Crippen LogP contribution is 2.25. The maximum Gasteiger partial charge on any atom is 0.253 e. The number of piperidine rings is 1. The van der Waals surface area contributed by atoms with Crippen molar-refractivity contribution >= 4 is 21.8 Å². The van der Waals surface area contributed by atoms with Crippen molar-refractivity contribution in [1.82, 2.24) is 4.90 Å². The monoisotopic (exact) mass is 309 g/mol. The van der Waals surface area contributed by atoms with Gasteiger partial charge in [0, 0.05) is 23.1 Å². The van der Waals surface area contributed by atoms with Crippen molar-refractivity contribution in [3.63, 3.8) is 0 Å². The predicted molar refractivity (Wildman–Crippen MR) is 77.7 cm³/mol. The van der Waals surface area contributed by atoms with E-state index in [9.17, 15) is 4.79 Å². The van der Waals surface area contributed by atoms with Crippen LogP contribution in [0.5, 0.6) is 0 Å². The molecular formula is C15H20BrNO. The zero-order chi connectivity index (χ0) is 13.3. The number of likely N-dealkylation sites (tertiary alicyclic amines) is 1. The summed E-state index contributed by atoms with van der Waals surface area (Å²) in [5.74, 6) is 1.48. The van der Waals surface area contributed by atoms with E-state index in [1.54, 1.807) is 0 Å². The summed E-state index contributed by atoms with van der Waals surface area (Å²) in [5.41, 5.74) is 1.95. The average Bonchev–Trinajstić information content (AvgIpc) is 2.35. The molecule has 1 aliphatic heterocycles. The summed E-state index contributed by atoms with van der Waals surface area (Å²) in [5, 5.41) is 0. The number of hydrogen-bond donors (Lipinski definition) is 0. The molecule has 98 valence electrons. The maximum absolute atomic E-state index is 12.4. The van der Waals surface area contributed by atoms with Gasteiger partial charge in [0.05, 0.1) is 0 Å². The molecule has 18 heavy (non-hydrogen) atoms. The van der Waals surface area contributed by atoms with Crippen LogP contribution in [0.15, 0.2) is 22.7 Å². The summed E-state index contributed by atoms with van der Waals surface area (Å²) in [6.07, 6.45) is 1.11. The highest BCUT2D eigenvalue weighted by atomic mass is 79.9. The molecule has 1 aromatic rings. The topological polar surface area (TPSA) is 20.3 Å². The van der Waals surface area contributed by atoms with Crippen molar-refractivity contribution in [2.24, 2.45) is 11.8 Å². The van der Waals surface area contributed by atoms with Gasteiger partial charge >= 0.3 is 0 Å². The first kappa shape index (κ1) is 13.6. The third kappa shape index (κ3) is 2.77. The molecule has 2 nitrogen and oxygen atoms in total. The first-order valence-corrected chi connectivity index (χ1v) is 7.33. The molecule has 0 spiro atoms. The second-order valence-electron chi connectivity index (χ2n) is 5.46. The molecule has 0 saturated carbocycles. The first-order valence-electron chi connectivity index (χ1n) is 6.54. The Balaban J connectivity index is 2.14. The lowest BCUT2D eigenvalue weighted by Crippen LogP contribution is -2.42. The van der Waals surface area contributed by atoms with E-state index in [1.165, 1.54) is 0 Å². The van der Waals surface area contributed by atoms with Crippen molar-refractivity contribution in [2.45, 2.75) is 27.2 Å². The summed E-state index contributed by atoms with van der Waals surface area (Å²) in [6.45, 7) is 8.30. The fourth-order valence-corrected chi connectivity index (χ4v) is 2.73. The van der Waals surface area contributed by atoms with Gasteiger partial charge in [0.1, 0.15) is 0 Å². The minimum atomic E-state index is 0.162. The molecule has 0 N–H and O–H groups in total. The first-order chi connectivity index (χ1) is 8.49. The molecule has 1 heterocycles. The highest BCUT2D eigenvalue weighted by Gasteiger charge is 2.26. The van der Waals surface area contributed by atoms with Gasteiger partial charge in [0.2, 0.25) is 0 Å². The summed E-state index contributed by atoms with van der Waals surface area (Å²) < 4.78 is 1.01. The van der Waals surface area contributed by atoms with Gasteiger partial charge in [-0.25, -0.2) is 0 Å². The fraction of sp³-hybridized carbons (Fsp3) is 0.533. The molecule has 2 rings (SSSR count). The van der Waals surface area contributed by atoms with Crippen LogP contribution < -0.4 is 0 Å². The quantitative estimate of drug-likeness (QED) is 0.771. The standard InChI is InChI=1S/C15H20BrNO/c1-10-6-7-17(9-12(10)3)15(18)13-5-4-11(2)14(16)8-13/h4-5,8,10,12H,6-7,9H2,1-3H3. The molecule has 0 aromatic heterocycles. The summed E-state index contributed by atoms with van der Waals surface area (Å²) >= 11 is 3.49. The average molecular weight is 310 g/mol. The third-order valence-corrected chi connectivity index (χ3v) is 4.89. The van der Waals surface area contributed by atoms with E-state index in [1.807, 2.05) is 30.0 Å². The molecule has 3 heteroatoms. The van der Waals surface area contributed by atoms with Crippen LogP contribution in [0.3, 0.4) is 0 Å². The highest BCUT2D eigenvalue weighted by molar-refractivity contribution is 9.10. The number of hydrogen-bond acceptors (Lipinski definition) is 1. The minimum absolute atomic E-state index is 0.162. The summed E-state index contributed by atoms with van der Waals surface area (Å²) in [6, 6.07) is 5.85. The van der Waals surface area contributed by atoms with Crippen molar-refractivity contribution in [3.05, 3.63) is 33.8 Å². The zero-order valence-corrected chi connectivity index (χ0v) is 12.8. The van der Waals surface area contributed by atoms with Gasteiger partial charge in [0.25, 0.3) is 5.91 Å². The number of benzene rings is 1. The van der Waals surface area contributed by atoms with Crippen molar-refractivity contribution < 1.29 is 4.79 Å². The van der Waals surface area contributed by atoms with E-state index in [-0.39, 0.29) is 5.91 Å². The molecule has 1 aromatic carbocycles. The third-order valence-electron chi connectivity index (χ3n) is 4.04. The Bertz CT molecular complexity index is 458. The lowest BCUT2D eigenvalue weighted by Gasteiger charge is -2.35. The Hall–Kier alpha value is -0.830. The van der Waals surface area contributed by atoms with Crippen LogP contribution in [0, 0.1) is 18.8 Å². The molecule has 1 saturated heterocycles. The Labute approximate surface area is 117 Å². The molecule has 0 radical (unpaired) electrons. The Kier molecular flexibility index (Phi) is 4.10. The van der Waals surface area contributed by atoms with Gasteiger partial charge in [-0.3, -0.25) is 4.79 Å². The molecule has 2 unspecified atom stereocenters. The number of halogens is 1. The van der Waals surface area contributed by atoms with Crippen molar-refractivity contribution in [2.75, 3.05) is 13.1 Å². The molecular weight excluding hydrogens is 290 g/mol. The molecule has 0 aliphatic carbocycles. The van der Waals surface area contributed by atoms with Gasteiger partial charge in [-0.1, -0.05) is 35.8 Å². The predicted octanol–water partition coefficient (Wildman–Crippen LogP) is 3.88. The number of carbonyl (C=O) groups excluding carboxylic acids is 1. The van der Waals surface area contributed by atoms with E-state index in [4.69, 9.17) is 0 Å². The summed E-state index contributed by atoms with van der Waals surface area (Å²) in [4.78, 5) is 14.4. The molecule has 1 aliphatic rings. The van der Waals surface area contributed by atoms with Crippen LogP contribution >= 0.6 is 15.9 Å². The molecule has 1 fully saturated rings. The van der Waals surface area contributed by atoms with Crippen LogP contribution in [0.4, 0.5) is 0 Å². The number of carbonyl (C=O) groups is 1. The largest absolute Gasteiger partial charge is 0.338 e. The SMILES string of the molecule is Cc1ccc(C(=O)N2CCC(C)C(C)C2)cc1Br. The van der Waals surface area contributed by atoms with E-state index < -0.39 is 0 Å². The van der Waals surface area contributed by atoms with Gasteiger partial charge in [-0.15, -0.1) is 0 Å². The minimum Gasteiger partial charge on any atom is -0.338 e. The van der Waals surface area contributed by atoms with E-state index >= 15 is 0 Å². The van der Waals surface area contributed by atoms with E-state index in [0.29, 0.717) is 5.92 Å². The van der Waals surface area contributed by atoms with Crippen molar-refractivity contribution in [3.8, 4) is 0 Å². The lowest BCUT2D eigenvalue weighted by molar-refractivity contribution is 0.0627.